The van der Waals surface area contributed by atoms with Crippen LogP contribution in [0.4, 0.5) is 0 Å². The first-order valence-corrected chi connectivity index (χ1v) is 5.29. The molecule has 0 N–H and O–H groups in total. The lowest BCUT2D eigenvalue weighted by molar-refractivity contribution is -0.152. The smallest absolute Gasteiger partial charge is 0.384 e. The lowest BCUT2D eigenvalue weighted by Gasteiger charge is -2.16. The van der Waals surface area contributed by atoms with Crippen LogP contribution in [0, 0.1) is 11.8 Å². The lowest BCUT2D eigenvalue weighted by atomic mass is 10.2. The van der Waals surface area contributed by atoms with E-state index in [2.05, 4.69) is 23.2 Å². The van der Waals surface area contributed by atoms with E-state index in [0.29, 0.717) is 0 Å². The monoisotopic (exact) mass is 252 g/mol. The highest BCUT2D eigenvalue weighted by molar-refractivity contribution is 6.33. The molecule has 0 aromatic rings. The van der Waals surface area contributed by atoms with Gasteiger partial charge in [0.25, 0.3) is 0 Å². The first-order valence-electron chi connectivity index (χ1n) is 5.29. The summed E-state index contributed by atoms with van der Waals surface area (Å²) in [7, 11) is 0. The fraction of sp³-hybridized carbons (Fsp3) is 0.462. The maximum Gasteiger partial charge on any atom is 0.384 e. The van der Waals surface area contributed by atoms with E-state index in [1.807, 2.05) is 0 Å². The number of ketones is 1. The van der Waals surface area contributed by atoms with E-state index < -0.39 is 23.3 Å². The van der Waals surface area contributed by atoms with Gasteiger partial charge >= 0.3 is 11.9 Å². The standard InChI is InChI=1S/C13H16O5/c1-5-7-10(14)12(16)17-9-6-8-11(15)18-13(2,3)4/h5H,1,7,9H2,2-4H3. The Labute approximate surface area is 106 Å². The van der Waals surface area contributed by atoms with E-state index in [1.54, 1.807) is 20.8 Å². The molecule has 0 aliphatic rings. The number of carbonyl (C=O) groups is 3. The molecular weight excluding hydrogens is 236 g/mol. The maximum absolute atomic E-state index is 11.1. The summed E-state index contributed by atoms with van der Waals surface area (Å²) in [5.41, 5.74) is -0.623. The first kappa shape index (κ1) is 15.9. The Morgan fingerprint density at radius 2 is 1.89 bits per heavy atom. The number of carbonyl (C=O) groups excluding carboxylic acids is 3. The summed E-state index contributed by atoms with van der Waals surface area (Å²) >= 11 is 0. The van der Waals surface area contributed by atoms with Crippen molar-refractivity contribution in [1.82, 2.24) is 0 Å². The van der Waals surface area contributed by atoms with E-state index in [9.17, 15) is 14.4 Å². The van der Waals surface area contributed by atoms with Crippen molar-refractivity contribution >= 4 is 17.7 Å². The normalized spacial score (nSPS) is 9.72. The fourth-order valence-electron chi connectivity index (χ4n) is 0.808. The summed E-state index contributed by atoms with van der Waals surface area (Å²) in [4.78, 5) is 33.1. The predicted octanol–water partition coefficient (Wildman–Crippen LogP) is 1.02. The van der Waals surface area contributed by atoms with Crippen LogP contribution in [0.25, 0.3) is 0 Å². The number of rotatable bonds is 4. The third-order valence-electron chi connectivity index (χ3n) is 1.42. The van der Waals surface area contributed by atoms with E-state index in [0.717, 1.165) is 0 Å². The van der Waals surface area contributed by atoms with Crippen molar-refractivity contribution in [3.63, 3.8) is 0 Å². The van der Waals surface area contributed by atoms with Crippen molar-refractivity contribution in [3.8, 4) is 11.8 Å². The summed E-state index contributed by atoms with van der Waals surface area (Å²) in [6.07, 6.45) is 1.22. The Kier molecular flexibility index (Phi) is 6.43. The zero-order valence-corrected chi connectivity index (χ0v) is 10.7. The quantitative estimate of drug-likeness (QED) is 0.246. The summed E-state index contributed by atoms with van der Waals surface area (Å²) in [5.74, 6) is 2.03. The van der Waals surface area contributed by atoms with Crippen molar-refractivity contribution in [3.05, 3.63) is 12.7 Å². The number of ether oxygens (including phenoxy) is 2. The third-order valence-corrected chi connectivity index (χ3v) is 1.42. The average molecular weight is 252 g/mol. The first-order chi connectivity index (χ1) is 8.26. The highest BCUT2D eigenvalue weighted by atomic mass is 16.6. The minimum absolute atomic E-state index is 0.0850. The molecule has 5 nitrogen and oxygen atoms in total. The molecule has 0 unspecified atom stereocenters. The minimum atomic E-state index is -0.992. The molecule has 0 atom stereocenters. The van der Waals surface area contributed by atoms with Gasteiger partial charge in [-0.15, -0.1) is 6.58 Å². The summed E-state index contributed by atoms with van der Waals surface area (Å²) < 4.78 is 9.42. The van der Waals surface area contributed by atoms with Gasteiger partial charge in [-0.05, 0) is 26.7 Å². The Hall–Kier alpha value is -2.09. The van der Waals surface area contributed by atoms with Gasteiger partial charge in [-0.2, -0.15) is 0 Å². The largest absolute Gasteiger partial charge is 0.450 e. The van der Waals surface area contributed by atoms with Crippen molar-refractivity contribution in [2.45, 2.75) is 32.8 Å². The highest BCUT2D eigenvalue weighted by Crippen LogP contribution is 2.05. The molecule has 0 aromatic heterocycles. The molecule has 0 fully saturated rings. The van der Waals surface area contributed by atoms with Crippen LogP contribution in [0.2, 0.25) is 0 Å². The summed E-state index contributed by atoms with van der Waals surface area (Å²) in [6.45, 7) is 8.11. The van der Waals surface area contributed by atoms with Crippen LogP contribution in [-0.2, 0) is 23.9 Å². The Bertz CT molecular complexity index is 403. The van der Waals surface area contributed by atoms with Crippen LogP contribution in [-0.4, -0.2) is 29.9 Å². The second-order valence-electron chi connectivity index (χ2n) is 4.30. The van der Waals surface area contributed by atoms with Crippen molar-refractivity contribution in [1.29, 1.82) is 0 Å². The fourth-order valence-corrected chi connectivity index (χ4v) is 0.808. The van der Waals surface area contributed by atoms with Gasteiger partial charge in [-0.3, -0.25) is 4.79 Å². The van der Waals surface area contributed by atoms with Gasteiger partial charge in [0, 0.05) is 12.3 Å². The Balaban J connectivity index is 4.06. The van der Waals surface area contributed by atoms with Gasteiger partial charge in [0.15, 0.2) is 6.61 Å². The Morgan fingerprint density at radius 1 is 1.28 bits per heavy atom. The molecule has 0 bridgehead atoms. The van der Waals surface area contributed by atoms with E-state index >= 15 is 0 Å². The van der Waals surface area contributed by atoms with Gasteiger partial charge < -0.3 is 9.47 Å². The molecule has 0 heterocycles. The van der Waals surface area contributed by atoms with Crippen LogP contribution >= 0.6 is 0 Å². The van der Waals surface area contributed by atoms with Crippen LogP contribution in [0.1, 0.15) is 27.2 Å². The summed E-state index contributed by atoms with van der Waals surface area (Å²) in [5, 5.41) is 0. The van der Waals surface area contributed by atoms with Gasteiger partial charge in [-0.1, -0.05) is 6.08 Å². The van der Waals surface area contributed by atoms with Crippen molar-refractivity contribution < 1.29 is 23.9 Å². The molecule has 0 rings (SSSR count). The molecule has 0 radical (unpaired) electrons. The molecule has 0 amide bonds. The number of esters is 2. The molecule has 0 aromatic carbocycles. The van der Waals surface area contributed by atoms with E-state index in [1.165, 1.54) is 6.08 Å². The third kappa shape index (κ3) is 8.11. The van der Waals surface area contributed by atoms with Crippen molar-refractivity contribution in [2.75, 3.05) is 6.61 Å². The van der Waals surface area contributed by atoms with Gasteiger partial charge in [-0.25, -0.2) is 9.59 Å². The molecule has 18 heavy (non-hydrogen) atoms. The number of allylic oxidation sites excluding steroid dienone is 1. The van der Waals surface area contributed by atoms with E-state index in [4.69, 9.17) is 4.74 Å². The number of hydrogen-bond donors (Lipinski definition) is 0. The van der Waals surface area contributed by atoms with Crippen LogP contribution in [0.15, 0.2) is 12.7 Å². The SMILES string of the molecule is C=CCC(=O)C(=O)OCC#CC(=O)OC(C)(C)C. The molecule has 0 aliphatic heterocycles. The zero-order valence-electron chi connectivity index (χ0n) is 10.7. The van der Waals surface area contributed by atoms with Gasteiger partial charge in [0.1, 0.15) is 5.60 Å². The maximum atomic E-state index is 11.1. The van der Waals surface area contributed by atoms with Crippen LogP contribution < -0.4 is 0 Å². The van der Waals surface area contributed by atoms with E-state index in [-0.39, 0.29) is 13.0 Å². The van der Waals surface area contributed by atoms with Crippen LogP contribution in [0.5, 0.6) is 0 Å². The van der Waals surface area contributed by atoms with Crippen LogP contribution in [0.3, 0.4) is 0 Å². The zero-order chi connectivity index (χ0) is 14.2. The molecular formula is C13H16O5. The molecule has 5 heteroatoms. The van der Waals surface area contributed by atoms with Crippen molar-refractivity contribution in [2.24, 2.45) is 0 Å². The molecule has 98 valence electrons. The highest BCUT2D eigenvalue weighted by Gasteiger charge is 2.14. The molecule has 0 saturated carbocycles. The second-order valence-corrected chi connectivity index (χ2v) is 4.30. The Morgan fingerprint density at radius 3 is 2.39 bits per heavy atom. The predicted molar refractivity (Wildman–Crippen MR) is 64.4 cm³/mol. The molecule has 0 saturated heterocycles. The number of Topliss-reactive ketones (excluding diaryl/α,β-unsaturated/α-hetero) is 1. The minimum Gasteiger partial charge on any atom is -0.450 e. The molecule has 0 spiro atoms. The molecule has 0 aliphatic carbocycles. The summed E-state index contributed by atoms with van der Waals surface area (Å²) in [6, 6.07) is 0. The van der Waals surface area contributed by atoms with Gasteiger partial charge in [0.05, 0.1) is 0 Å². The second kappa shape index (κ2) is 7.28. The average Bonchev–Trinajstić information content (AvgIpc) is 2.21. The van der Waals surface area contributed by atoms with Gasteiger partial charge in [0.2, 0.25) is 5.78 Å². The topological polar surface area (TPSA) is 69.7 Å². The lowest BCUT2D eigenvalue weighted by Crippen LogP contribution is -2.23. The number of hydrogen-bond acceptors (Lipinski definition) is 5.